The Bertz CT molecular complexity index is 603. The van der Waals surface area contributed by atoms with Gasteiger partial charge in [0.15, 0.2) is 0 Å². The number of allylic oxidation sites excluding steroid dienone is 2. The summed E-state index contributed by atoms with van der Waals surface area (Å²) in [6.07, 6.45) is 18.2. The average molecular weight is 371 g/mol. The third-order valence-corrected chi connectivity index (χ3v) is 10.1. The van der Waals surface area contributed by atoms with Crippen LogP contribution in [0.1, 0.15) is 105 Å². The zero-order valence-corrected chi connectivity index (χ0v) is 18.4. The van der Waals surface area contributed by atoms with E-state index in [0.717, 1.165) is 36.5 Å². The van der Waals surface area contributed by atoms with Crippen molar-refractivity contribution in [3.05, 3.63) is 11.6 Å². The molecule has 0 radical (unpaired) electrons. The lowest BCUT2D eigenvalue weighted by Crippen LogP contribution is -2.50. The fourth-order valence-electron chi connectivity index (χ4n) is 8.44. The molecule has 0 heterocycles. The van der Waals surface area contributed by atoms with Gasteiger partial charge < -0.3 is 0 Å². The number of carbonyl (C=O) groups is 1. The van der Waals surface area contributed by atoms with Crippen molar-refractivity contribution in [2.45, 2.75) is 105 Å². The number of ketones is 1. The summed E-state index contributed by atoms with van der Waals surface area (Å²) in [6, 6.07) is 0. The minimum absolute atomic E-state index is 0.459. The number of hydrogen-bond acceptors (Lipinski definition) is 1. The topological polar surface area (TPSA) is 17.1 Å². The second kappa shape index (κ2) is 7.34. The first-order valence-corrected chi connectivity index (χ1v) is 12.1. The van der Waals surface area contributed by atoms with Gasteiger partial charge in [-0.2, -0.15) is 0 Å². The summed E-state index contributed by atoms with van der Waals surface area (Å²) >= 11 is 0. The van der Waals surface area contributed by atoms with Crippen LogP contribution < -0.4 is 0 Å². The van der Waals surface area contributed by atoms with Crippen molar-refractivity contribution < 1.29 is 4.79 Å². The molecule has 0 bridgehead atoms. The predicted octanol–water partition coefficient (Wildman–Crippen LogP) is 7.35. The van der Waals surface area contributed by atoms with Crippen molar-refractivity contribution in [1.29, 1.82) is 0 Å². The highest BCUT2D eigenvalue weighted by molar-refractivity contribution is 5.77. The molecule has 0 aromatic carbocycles. The standard InChI is InChI=1S/C26H42O/c1-5-20(27)11-9-18(2)22-13-14-23-21-12-10-19-8-6-7-16-25(19,3)24(21)15-17-26(22,23)4/h10,18,21-24H,5-9,11-17H2,1-4H3. The Labute approximate surface area is 167 Å². The first kappa shape index (κ1) is 19.7. The van der Waals surface area contributed by atoms with Gasteiger partial charge in [-0.05, 0) is 98.2 Å². The van der Waals surface area contributed by atoms with E-state index in [0.29, 0.717) is 29.0 Å². The molecule has 27 heavy (non-hydrogen) atoms. The fourth-order valence-corrected chi connectivity index (χ4v) is 8.44. The van der Waals surface area contributed by atoms with Crippen molar-refractivity contribution in [2.24, 2.45) is 40.4 Å². The number of hydrogen-bond donors (Lipinski definition) is 0. The van der Waals surface area contributed by atoms with Gasteiger partial charge in [-0.3, -0.25) is 4.79 Å². The second-order valence-corrected chi connectivity index (χ2v) is 11.1. The lowest BCUT2D eigenvalue weighted by Gasteiger charge is -2.58. The third kappa shape index (κ3) is 3.16. The van der Waals surface area contributed by atoms with E-state index in [2.05, 4.69) is 26.8 Å². The SMILES string of the molecule is CCC(=O)CCC(C)C1CCC2C3CC=C4CCCCC4(C)C3CCC12C. The quantitative estimate of drug-likeness (QED) is 0.462. The van der Waals surface area contributed by atoms with Crippen molar-refractivity contribution in [2.75, 3.05) is 0 Å². The molecule has 0 N–H and O–H groups in total. The molecule has 4 aliphatic rings. The highest BCUT2D eigenvalue weighted by Gasteiger charge is 2.58. The van der Waals surface area contributed by atoms with Crippen LogP contribution in [0, 0.1) is 40.4 Å². The molecule has 0 saturated heterocycles. The Morgan fingerprint density at radius 2 is 1.96 bits per heavy atom. The average Bonchev–Trinajstić information content (AvgIpc) is 3.02. The first-order chi connectivity index (χ1) is 12.9. The minimum atomic E-state index is 0.459. The molecule has 4 aliphatic carbocycles. The largest absolute Gasteiger partial charge is 0.300 e. The van der Waals surface area contributed by atoms with Crippen LogP contribution in [0.25, 0.3) is 0 Å². The zero-order chi connectivity index (χ0) is 19.2. The highest BCUT2D eigenvalue weighted by atomic mass is 16.1. The molecule has 3 saturated carbocycles. The third-order valence-electron chi connectivity index (χ3n) is 10.1. The second-order valence-electron chi connectivity index (χ2n) is 11.1. The Hall–Kier alpha value is -0.590. The van der Waals surface area contributed by atoms with Crippen molar-refractivity contribution in [3.8, 4) is 0 Å². The van der Waals surface area contributed by atoms with Gasteiger partial charge in [0, 0.05) is 12.8 Å². The van der Waals surface area contributed by atoms with Crippen LogP contribution in [-0.2, 0) is 4.79 Å². The molecule has 3 fully saturated rings. The van der Waals surface area contributed by atoms with Crippen LogP contribution in [0.2, 0.25) is 0 Å². The van der Waals surface area contributed by atoms with Crippen LogP contribution in [0.5, 0.6) is 0 Å². The molecule has 4 rings (SSSR count). The summed E-state index contributed by atoms with van der Waals surface area (Å²) < 4.78 is 0. The maximum absolute atomic E-state index is 11.8. The van der Waals surface area contributed by atoms with Crippen LogP contribution in [0.15, 0.2) is 11.6 Å². The number of carbonyl (C=O) groups excluding carboxylic acids is 1. The van der Waals surface area contributed by atoms with Gasteiger partial charge in [0.25, 0.3) is 0 Å². The monoisotopic (exact) mass is 370 g/mol. The molecular formula is C26H42O. The summed E-state index contributed by atoms with van der Waals surface area (Å²) in [5.41, 5.74) is 2.89. The maximum atomic E-state index is 11.8. The van der Waals surface area contributed by atoms with Gasteiger partial charge in [-0.15, -0.1) is 0 Å². The summed E-state index contributed by atoms with van der Waals surface area (Å²) in [7, 11) is 0. The Kier molecular flexibility index (Phi) is 5.36. The summed E-state index contributed by atoms with van der Waals surface area (Å²) in [5.74, 6) is 4.84. The molecule has 0 aliphatic heterocycles. The molecule has 7 unspecified atom stereocenters. The predicted molar refractivity (Wildman–Crippen MR) is 114 cm³/mol. The van der Waals surface area contributed by atoms with Crippen LogP contribution in [-0.4, -0.2) is 5.78 Å². The smallest absolute Gasteiger partial charge is 0.132 e. The fraction of sp³-hybridized carbons (Fsp3) is 0.885. The minimum Gasteiger partial charge on any atom is -0.300 e. The first-order valence-electron chi connectivity index (χ1n) is 12.1. The lowest BCUT2D eigenvalue weighted by molar-refractivity contribution is -0.119. The van der Waals surface area contributed by atoms with E-state index < -0.39 is 0 Å². The number of fused-ring (bicyclic) bond motifs is 5. The van der Waals surface area contributed by atoms with Crippen molar-refractivity contribution >= 4 is 5.78 Å². The van der Waals surface area contributed by atoms with Crippen molar-refractivity contribution in [1.82, 2.24) is 0 Å². The summed E-state index contributed by atoms with van der Waals surface area (Å²) in [6.45, 7) is 9.74. The van der Waals surface area contributed by atoms with E-state index in [1.54, 1.807) is 0 Å². The molecule has 0 aromatic heterocycles. The van der Waals surface area contributed by atoms with Gasteiger partial charge in [0.1, 0.15) is 5.78 Å². The van der Waals surface area contributed by atoms with Crippen LogP contribution in [0.4, 0.5) is 0 Å². The van der Waals surface area contributed by atoms with E-state index in [4.69, 9.17) is 0 Å². The molecule has 1 nitrogen and oxygen atoms in total. The van der Waals surface area contributed by atoms with E-state index in [1.807, 2.05) is 12.5 Å². The Balaban J connectivity index is 1.51. The van der Waals surface area contributed by atoms with Gasteiger partial charge in [0.2, 0.25) is 0 Å². The normalized spacial score (nSPS) is 44.7. The van der Waals surface area contributed by atoms with E-state index in [-0.39, 0.29) is 0 Å². The van der Waals surface area contributed by atoms with Gasteiger partial charge in [-0.1, -0.05) is 45.8 Å². The molecule has 0 aromatic rings. The lowest BCUT2D eigenvalue weighted by atomic mass is 9.47. The van der Waals surface area contributed by atoms with Crippen molar-refractivity contribution in [3.63, 3.8) is 0 Å². The molecular weight excluding hydrogens is 328 g/mol. The molecule has 0 spiro atoms. The zero-order valence-electron chi connectivity index (χ0n) is 18.4. The van der Waals surface area contributed by atoms with E-state index >= 15 is 0 Å². The summed E-state index contributed by atoms with van der Waals surface area (Å²) in [4.78, 5) is 11.8. The molecule has 0 amide bonds. The van der Waals surface area contributed by atoms with Crippen LogP contribution in [0.3, 0.4) is 0 Å². The van der Waals surface area contributed by atoms with E-state index in [9.17, 15) is 4.79 Å². The molecule has 7 atom stereocenters. The number of rotatable bonds is 5. The maximum Gasteiger partial charge on any atom is 0.132 e. The Morgan fingerprint density at radius 3 is 2.74 bits per heavy atom. The van der Waals surface area contributed by atoms with Crippen LogP contribution >= 0.6 is 0 Å². The van der Waals surface area contributed by atoms with Gasteiger partial charge in [-0.25, -0.2) is 0 Å². The van der Waals surface area contributed by atoms with Gasteiger partial charge >= 0.3 is 0 Å². The van der Waals surface area contributed by atoms with Gasteiger partial charge in [0.05, 0.1) is 0 Å². The summed E-state index contributed by atoms with van der Waals surface area (Å²) in [5, 5.41) is 0. The van der Waals surface area contributed by atoms with E-state index in [1.165, 1.54) is 57.8 Å². The number of Topliss-reactive ketones (excluding diaryl/α,β-unsaturated/α-hetero) is 1. The molecule has 152 valence electrons. The molecule has 1 heteroatoms. The Morgan fingerprint density at radius 1 is 1.15 bits per heavy atom. The highest BCUT2D eigenvalue weighted by Crippen LogP contribution is 2.67.